The van der Waals surface area contributed by atoms with Gasteiger partial charge in [-0.1, -0.05) is 11.8 Å². The maximum atomic E-state index is 10.9. The summed E-state index contributed by atoms with van der Waals surface area (Å²) in [5, 5.41) is 19.3. The normalized spacial score (nSPS) is 38.5. The number of aromatic carboxylic acids is 1. The number of benzene rings is 1. The largest absolute Gasteiger partial charge is 0.872 e. The quantitative estimate of drug-likeness (QED) is 0.334. The molecular formula is C19H30N8O6S. The summed E-state index contributed by atoms with van der Waals surface area (Å²) < 4.78 is 31.4. The van der Waals surface area contributed by atoms with Crippen LogP contribution in [0.2, 0.25) is 0 Å². The average Bonchev–Trinajstić information content (AvgIpc) is 2.72. The molecule has 0 aromatic heterocycles. The van der Waals surface area contributed by atoms with Gasteiger partial charge in [0.05, 0.1) is 50.5 Å². The molecule has 14 nitrogen and oxygen atoms in total. The van der Waals surface area contributed by atoms with Gasteiger partial charge < -0.3 is 14.8 Å². The average molecular weight is 499 g/mol. The van der Waals surface area contributed by atoms with Crippen molar-refractivity contribution in [2.75, 3.05) is 80.0 Å². The molecule has 15 heteroatoms. The topological polar surface area (TPSA) is 146 Å². The molecule has 8 saturated heterocycles. The molecule has 34 heavy (non-hydrogen) atoms. The van der Waals surface area contributed by atoms with Gasteiger partial charge >= 0.3 is 5.97 Å². The number of carboxylic acid groups (broad SMARTS) is 1. The number of carbonyl (C=O) groups is 1. The van der Waals surface area contributed by atoms with Gasteiger partial charge in [0.2, 0.25) is 0 Å². The summed E-state index contributed by atoms with van der Waals surface area (Å²) in [6.07, 6.45) is 0. The molecule has 8 fully saturated rings. The van der Waals surface area contributed by atoms with Crippen molar-refractivity contribution in [1.82, 2.24) is 29.4 Å². The number of nitrogens with one attached hydrogen (secondary N) is 2. The van der Waals surface area contributed by atoms with Gasteiger partial charge in [-0.25, -0.2) is 42.6 Å². The van der Waals surface area contributed by atoms with E-state index in [0.717, 1.165) is 12.1 Å². The van der Waals surface area contributed by atoms with E-state index in [2.05, 4.69) is 29.4 Å². The second-order valence-electron chi connectivity index (χ2n) is 9.74. The predicted molar refractivity (Wildman–Crippen MR) is 112 cm³/mol. The van der Waals surface area contributed by atoms with E-state index in [0.29, 0.717) is 6.07 Å². The summed E-state index contributed by atoms with van der Waals surface area (Å²) in [5.74, 6) is -2.41. The Balaban J connectivity index is 0.000000108. The van der Waals surface area contributed by atoms with Crippen LogP contribution in [0.1, 0.15) is 10.4 Å². The van der Waals surface area contributed by atoms with E-state index in [9.17, 15) is 22.9 Å². The highest BCUT2D eigenvalue weighted by atomic mass is 32.2. The van der Waals surface area contributed by atoms with E-state index in [1.807, 2.05) is 0 Å². The van der Waals surface area contributed by atoms with Crippen LogP contribution in [0.15, 0.2) is 23.1 Å². The SMILES string of the molecule is C1N2CN3CN1C[NH+](C2)C3.C1N2CN3CN1C[NH+](C2)C3.O=C(O)c1cc(S(=O)(=O)[O-])ccc1[O-]. The summed E-state index contributed by atoms with van der Waals surface area (Å²) in [6, 6.07) is 2.05. The third-order valence-corrected chi connectivity index (χ3v) is 7.38. The smallest absolute Gasteiger partial charge is 0.335 e. The number of carboxylic acids is 1. The Morgan fingerprint density at radius 2 is 1.12 bits per heavy atom. The summed E-state index contributed by atoms with van der Waals surface area (Å²) in [7, 11) is -4.73. The van der Waals surface area contributed by atoms with Crippen LogP contribution in [-0.4, -0.2) is 133 Å². The zero-order chi connectivity index (χ0) is 24.0. The van der Waals surface area contributed by atoms with Crippen LogP contribution in [0.5, 0.6) is 5.75 Å². The third kappa shape index (κ3) is 5.33. The fourth-order valence-corrected chi connectivity index (χ4v) is 6.09. The monoisotopic (exact) mass is 498 g/mol. The van der Waals surface area contributed by atoms with Crippen LogP contribution in [0.3, 0.4) is 0 Å². The van der Waals surface area contributed by atoms with E-state index in [-0.39, 0.29) is 0 Å². The second-order valence-corrected chi connectivity index (χ2v) is 11.1. The molecule has 0 atom stereocenters. The molecule has 1 aromatic carbocycles. The molecule has 0 saturated carbocycles. The van der Waals surface area contributed by atoms with Crippen molar-refractivity contribution in [3.8, 4) is 5.75 Å². The molecule has 188 valence electrons. The lowest BCUT2D eigenvalue weighted by Gasteiger charge is -2.53. The Morgan fingerprint density at radius 3 is 1.38 bits per heavy atom. The van der Waals surface area contributed by atoms with Gasteiger partial charge in [0.1, 0.15) is 50.1 Å². The van der Waals surface area contributed by atoms with E-state index in [1.54, 1.807) is 9.80 Å². The van der Waals surface area contributed by atoms with Crippen LogP contribution in [0.4, 0.5) is 0 Å². The maximum absolute atomic E-state index is 10.9. The molecule has 0 aliphatic carbocycles. The standard InChI is InChI=1S/C7H6O6S.2C6H12N4/c8-6-2-1-4(14(11,12)13)3-5(6)7(9)10;2*1-7-2-9-4-8(1)5-10(3-7)6-9/h1-3,8H,(H,9,10)(H,11,12,13);2*1-6H2. The Hall–Kier alpha value is -1.92. The molecule has 8 bridgehead atoms. The predicted octanol–water partition coefficient (Wildman–Crippen LogP) is -5.51. The molecule has 3 N–H and O–H groups in total. The molecule has 0 unspecified atom stereocenters. The van der Waals surface area contributed by atoms with Crippen molar-refractivity contribution >= 4 is 16.1 Å². The fraction of sp³-hybridized carbons (Fsp3) is 0.632. The first kappa shape index (κ1) is 23.8. The summed E-state index contributed by atoms with van der Waals surface area (Å²) >= 11 is 0. The van der Waals surface area contributed by atoms with E-state index in [1.165, 1.54) is 80.0 Å². The number of hydrogen-bond donors (Lipinski definition) is 3. The van der Waals surface area contributed by atoms with E-state index >= 15 is 0 Å². The first-order valence-electron chi connectivity index (χ1n) is 11.1. The Bertz CT molecular complexity index is 891. The number of rotatable bonds is 2. The lowest BCUT2D eigenvalue weighted by Crippen LogP contribution is -3.21. The fourth-order valence-electron chi connectivity index (χ4n) is 5.59. The molecule has 1 aromatic rings. The molecule has 8 aliphatic rings. The zero-order valence-corrected chi connectivity index (χ0v) is 19.6. The van der Waals surface area contributed by atoms with Crippen molar-refractivity contribution in [2.24, 2.45) is 0 Å². The number of hydrogen-bond acceptors (Lipinski definition) is 11. The highest BCUT2D eigenvalue weighted by Crippen LogP contribution is 2.18. The lowest BCUT2D eigenvalue weighted by molar-refractivity contribution is -0.958. The highest BCUT2D eigenvalue weighted by molar-refractivity contribution is 7.85. The van der Waals surface area contributed by atoms with Gasteiger partial charge in [0.25, 0.3) is 0 Å². The minimum absolute atomic E-state index is 0.549. The Morgan fingerprint density at radius 1 is 0.765 bits per heavy atom. The summed E-state index contributed by atoms with van der Waals surface area (Å²) in [4.78, 5) is 28.1. The second kappa shape index (κ2) is 9.27. The first-order chi connectivity index (χ1) is 16.1. The van der Waals surface area contributed by atoms with Crippen molar-refractivity contribution in [3.05, 3.63) is 23.8 Å². The summed E-state index contributed by atoms with van der Waals surface area (Å²) in [5.41, 5.74) is -0.734. The lowest BCUT2D eigenvalue weighted by atomic mass is 10.2. The highest BCUT2D eigenvalue weighted by Gasteiger charge is 2.40. The number of quaternary nitrogens is 2. The van der Waals surface area contributed by atoms with Gasteiger partial charge in [0.15, 0.2) is 0 Å². The van der Waals surface area contributed by atoms with E-state index in [4.69, 9.17) is 5.11 Å². The molecule has 0 amide bonds. The third-order valence-electron chi connectivity index (χ3n) is 6.55. The Labute approximate surface area is 198 Å². The maximum Gasteiger partial charge on any atom is 0.335 e. The summed E-state index contributed by atoms with van der Waals surface area (Å²) in [6.45, 7) is 14.9. The number of nitrogens with zero attached hydrogens (tertiary/aromatic N) is 6. The minimum atomic E-state index is -4.73. The van der Waals surface area contributed by atoms with Crippen LogP contribution >= 0.6 is 0 Å². The van der Waals surface area contributed by atoms with E-state index < -0.39 is 32.3 Å². The van der Waals surface area contributed by atoms with Crippen LogP contribution in [-0.2, 0) is 10.1 Å². The van der Waals surface area contributed by atoms with Gasteiger partial charge in [-0.15, -0.1) is 0 Å². The van der Waals surface area contributed by atoms with Crippen LogP contribution in [0, 0.1) is 0 Å². The van der Waals surface area contributed by atoms with Gasteiger partial charge in [-0.2, -0.15) is 0 Å². The van der Waals surface area contributed by atoms with Crippen molar-refractivity contribution in [2.45, 2.75) is 4.90 Å². The van der Waals surface area contributed by atoms with Crippen molar-refractivity contribution in [1.29, 1.82) is 0 Å². The molecule has 8 heterocycles. The van der Waals surface area contributed by atoms with Crippen LogP contribution in [0.25, 0.3) is 0 Å². The molecular weight excluding hydrogens is 468 g/mol. The van der Waals surface area contributed by atoms with Gasteiger partial charge in [0, 0.05) is 0 Å². The first-order valence-corrected chi connectivity index (χ1v) is 12.5. The van der Waals surface area contributed by atoms with Crippen LogP contribution < -0.4 is 14.9 Å². The van der Waals surface area contributed by atoms with Gasteiger partial charge in [-0.3, -0.25) is 9.80 Å². The zero-order valence-electron chi connectivity index (χ0n) is 18.8. The molecule has 8 aliphatic heterocycles. The van der Waals surface area contributed by atoms with Crippen molar-refractivity contribution < 1.29 is 37.8 Å². The molecule has 0 radical (unpaired) electrons. The Kier molecular flexibility index (Phi) is 6.49. The molecule has 9 rings (SSSR count). The van der Waals surface area contributed by atoms with Gasteiger partial charge in [-0.05, 0) is 12.1 Å². The minimum Gasteiger partial charge on any atom is -0.872 e. The molecule has 0 spiro atoms. The van der Waals surface area contributed by atoms with Crippen molar-refractivity contribution in [3.63, 3.8) is 0 Å².